The van der Waals surface area contributed by atoms with Crippen LogP contribution in [-0.4, -0.2) is 22.7 Å². The van der Waals surface area contributed by atoms with E-state index in [1.807, 2.05) is 0 Å². The van der Waals surface area contributed by atoms with Crippen molar-refractivity contribution in [2.45, 2.75) is 58.0 Å². The molecule has 2 rings (SSSR count). The molecule has 1 fully saturated rings. The summed E-state index contributed by atoms with van der Waals surface area (Å²) in [7, 11) is 0. The van der Waals surface area contributed by atoms with E-state index in [2.05, 4.69) is 26.2 Å². The SMILES string of the molecule is CC(C)(C)c1csc(CC2(CN)CCCC2O)n1. The molecule has 3 nitrogen and oxygen atoms in total. The molecule has 3 N–H and O–H groups in total. The van der Waals surface area contributed by atoms with Gasteiger partial charge in [0.1, 0.15) is 0 Å². The highest BCUT2D eigenvalue weighted by Gasteiger charge is 2.41. The van der Waals surface area contributed by atoms with Crippen LogP contribution in [0.15, 0.2) is 5.38 Å². The van der Waals surface area contributed by atoms with E-state index < -0.39 is 0 Å². The maximum Gasteiger partial charge on any atom is 0.0935 e. The molecule has 102 valence electrons. The molecule has 4 heteroatoms. The Labute approximate surface area is 113 Å². The van der Waals surface area contributed by atoms with E-state index in [1.165, 1.54) is 0 Å². The van der Waals surface area contributed by atoms with Gasteiger partial charge in [-0.2, -0.15) is 0 Å². The number of nitrogens with zero attached hydrogens (tertiary/aromatic N) is 1. The maximum atomic E-state index is 10.2. The van der Waals surface area contributed by atoms with Gasteiger partial charge in [0.25, 0.3) is 0 Å². The highest BCUT2D eigenvalue weighted by molar-refractivity contribution is 7.09. The summed E-state index contributed by atoms with van der Waals surface area (Å²) in [6.07, 6.45) is 3.55. The Kier molecular flexibility index (Phi) is 3.81. The van der Waals surface area contributed by atoms with Gasteiger partial charge < -0.3 is 10.8 Å². The smallest absolute Gasteiger partial charge is 0.0935 e. The molecular formula is C14H24N2OS. The second-order valence-electron chi connectivity index (χ2n) is 6.53. The van der Waals surface area contributed by atoms with Crippen LogP contribution in [0.4, 0.5) is 0 Å². The van der Waals surface area contributed by atoms with E-state index >= 15 is 0 Å². The minimum atomic E-state index is -0.260. The first-order valence-electron chi connectivity index (χ1n) is 6.70. The van der Waals surface area contributed by atoms with Crippen LogP contribution < -0.4 is 5.73 Å². The zero-order valence-corrected chi connectivity index (χ0v) is 12.4. The molecule has 1 aromatic rings. The zero-order valence-electron chi connectivity index (χ0n) is 11.6. The van der Waals surface area contributed by atoms with Gasteiger partial charge in [-0.3, -0.25) is 0 Å². The summed E-state index contributed by atoms with van der Waals surface area (Å²) in [6, 6.07) is 0. The lowest BCUT2D eigenvalue weighted by atomic mass is 9.81. The molecule has 2 atom stereocenters. The minimum absolute atomic E-state index is 0.0962. The van der Waals surface area contributed by atoms with Crippen molar-refractivity contribution in [1.29, 1.82) is 0 Å². The number of aromatic nitrogens is 1. The first kappa shape index (κ1) is 14.0. The topological polar surface area (TPSA) is 59.1 Å². The second-order valence-corrected chi connectivity index (χ2v) is 7.47. The van der Waals surface area contributed by atoms with Crippen molar-refractivity contribution in [3.8, 4) is 0 Å². The normalized spacial score (nSPS) is 28.8. The Morgan fingerprint density at radius 1 is 1.56 bits per heavy atom. The minimum Gasteiger partial charge on any atom is -0.392 e. The molecule has 0 saturated heterocycles. The van der Waals surface area contributed by atoms with E-state index in [4.69, 9.17) is 10.7 Å². The third-order valence-corrected chi connectivity index (χ3v) is 4.94. The molecule has 0 radical (unpaired) electrons. The molecule has 0 aromatic carbocycles. The number of hydrogen-bond donors (Lipinski definition) is 2. The summed E-state index contributed by atoms with van der Waals surface area (Å²) >= 11 is 1.70. The van der Waals surface area contributed by atoms with E-state index in [0.717, 1.165) is 36.4 Å². The molecule has 1 aliphatic carbocycles. The van der Waals surface area contributed by atoms with Crippen LogP contribution in [0.5, 0.6) is 0 Å². The molecule has 0 bridgehead atoms. The predicted molar refractivity (Wildman–Crippen MR) is 75.9 cm³/mol. The molecule has 18 heavy (non-hydrogen) atoms. The van der Waals surface area contributed by atoms with E-state index in [1.54, 1.807) is 11.3 Å². The summed E-state index contributed by atoms with van der Waals surface area (Å²) in [4.78, 5) is 4.72. The molecule has 1 aromatic heterocycles. The van der Waals surface area contributed by atoms with Crippen molar-refractivity contribution >= 4 is 11.3 Å². The van der Waals surface area contributed by atoms with Crippen molar-refractivity contribution < 1.29 is 5.11 Å². The van der Waals surface area contributed by atoms with Gasteiger partial charge in [-0.1, -0.05) is 27.2 Å². The largest absolute Gasteiger partial charge is 0.392 e. The molecule has 1 saturated carbocycles. The van der Waals surface area contributed by atoms with Crippen molar-refractivity contribution in [2.24, 2.45) is 11.1 Å². The van der Waals surface area contributed by atoms with Crippen LogP contribution in [0.1, 0.15) is 50.7 Å². The number of hydrogen-bond acceptors (Lipinski definition) is 4. The highest BCUT2D eigenvalue weighted by atomic mass is 32.1. The van der Waals surface area contributed by atoms with Gasteiger partial charge >= 0.3 is 0 Å². The highest BCUT2D eigenvalue weighted by Crippen LogP contribution is 2.41. The molecule has 1 aliphatic rings. The number of nitrogens with two attached hydrogens (primary N) is 1. The van der Waals surface area contributed by atoms with E-state index in [9.17, 15) is 5.11 Å². The molecule has 0 aliphatic heterocycles. The second kappa shape index (κ2) is 4.91. The molecule has 1 heterocycles. The monoisotopic (exact) mass is 268 g/mol. The first-order valence-corrected chi connectivity index (χ1v) is 7.58. The Morgan fingerprint density at radius 3 is 2.72 bits per heavy atom. The fourth-order valence-electron chi connectivity index (χ4n) is 2.67. The lowest BCUT2D eigenvalue weighted by Crippen LogP contribution is -2.39. The number of rotatable bonds is 3. The summed E-state index contributed by atoms with van der Waals surface area (Å²) in [5.74, 6) is 0. The Balaban J connectivity index is 2.16. The lowest BCUT2D eigenvalue weighted by molar-refractivity contribution is 0.0587. The van der Waals surface area contributed by atoms with Crippen molar-refractivity contribution in [3.63, 3.8) is 0 Å². The van der Waals surface area contributed by atoms with Gasteiger partial charge in [-0.15, -0.1) is 11.3 Å². The lowest BCUT2D eigenvalue weighted by Gasteiger charge is -2.30. The van der Waals surface area contributed by atoms with Crippen LogP contribution in [0, 0.1) is 5.41 Å². The van der Waals surface area contributed by atoms with Gasteiger partial charge in [0, 0.05) is 29.2 Å². The maximum absolute atomic E-state index is 10.2. The fourth-order valence-corrected chi connectivity index (χ4v) is 3.85. The molecule has 0 amide bonds. The Hall–Kier alpha value is -0.450. The van der Waals surface area contributed by atoms with E-state index in [-0.39, 0.29) is 16.9 Å². The quantitative estimate of drug-likeness (QED) is 0.885. The average Bonchev–Trinajstić information content (AvgIpc) is 2.87. The van der Waals surface area contributed by atoms with Crippen molar-refractivity contribution in [3.05, 3.63) is 16.1 Å². The summed E-state index contributed by atoms with van der Waals surface area (Å²) in [5.41, 5.74) is 7.02. The predicted octanol–water partition coefficient (Wildman–Crippen LogP) is 2.47. The molecular weight excluding hydrogens is 244 g/mol. The van der Waals surface area contributed by atoms with Crippen LogP contribution in [0.2, 0.25) is 0 Å². The van der Waals surface area contributed by atoms with Crippen molar-refractivity contribution in [1.82, 2.24) is 4.98 Å². The van der Waals surface area contributed by atoms with Gasteiger partial charge in [-0.25, -0.2) is 4.98 Å². The third-order valence-electron chi connectivity index (χ3n) is 4.09. The van der Waals surface area contributed by atoms with Gasteiger partial charge in [0.05, 0.1) is 16.8 Å². The van der Waals surface area contributed by atoms with Gasteiger partial charge in [-0.05, 0) is 12.8 Å². The number of aliphatic hydroxyl groups excluding tert-OH is 1. The van der Waals surface area contributed by atoms with E-state index in [0.29, 0.717) is 6.54 Å². The van der Waals surface area contributed by atoms with Crippen molar-refractivity contribution in [2.75, 3.05) is 6.54 Å². The average molecular weight is 268 g/mol. The molecule has 0 spiro atoms. The van der Waals surface area contributed by atoms with Crippen LogP contribution in [0.25, 0.3) is 0 Å². The standard InChI is InChI=1S/C14H24N2OS/c1-13(2,3)10-8-18-12(16-10)7-14(9-15)6-4-5-11(14)17/h8,11,17H,4-7,9,15H2,1-3H3. The van der Waals surface area contributed by atoms with Gasteiger partial charge in [0.2, 0.25) is 0 Å². The fraction of sp³-hybridized carbons (Fsp3) is 0.786. The number of thiazole rings is 1. The van der Waals surface area contributed by atoms with Crippen LogP contribution >= 0.6 is 11.3 Å². The zero-order chi connectivity index (χ0) is 13.4. The first-order chi connectivity index (χ1) is 8.37. The van der Waals surface area contributed by atoms with Crippen LogP contribution in [0.3, 0.4) is 0 Å². The molecule has 2 unspecified atom stereocenters. The summed E-state index contributed by atoms with van der Waals surface area (Å²) in [6.45, 7) is 7.08. The Bertz CT molecular complexity index is 410. The summed E-state index contributed by atoms with van der Waals surface area (Å²) < 4.78 is 0. The summed E-state index contributed by atoms with van der Waals surface area (Å²) in [5, 5.41) is 13.4. The van der Waals surface area contributed by atoms with Crippen LogP contribution in [-0.2, 0) is 11.8 Å². The third kappa shape index (κ3) is 2.60. The number of aliphatic hydroxyl groups is 1. The van der Waals surface area contributed by atoms with Gasteiger partial charge in [0.15, 0.2) is 0 Å². The Morgan fingerprint density at radius 2 is 2.28 bits per heavy atom.